The molecule has 1 aliphatic rings. The molecule has 2 N–H and O–H groups in total. The van der Waals surface area contributed by atoms with Crippen LogP contribution in [0.2, 0.25) is 0 Å². The number of halogens is 1. The summed E-state index contributed by atoms with van der Waals surface area (Å²) in [6, 6.07) is 4.11. The molecule has 1 aromatic rings. The van der Waals surface area contributed by atoms with Gasteiger partial charge in [-0.25, -0.2) is 9.98 Å². The lowest BCUT2D eigenvalue weighted by molar-refractivity contribution is 0.270. The van der Waals surface area contributed by atoms with E-state index in [1.807, 2.05) is 12.3 Å². The van der Waals surface area contributed by atoms with E-state index in [4.69, 9.17) is 5.73 Å². The Morgan fingerprint density at radius 1 is 1.57 bits per heavy atom. The molecule has 0 amide bonds. The molecule has 1 saturated heterocycles. The summed E-state index contributed by atoms with van der Waals surface area (Å²) in [5.41, 5.74) is 7.28. The van der Waals surface area contributed by atoms with E-state index in [0.29, 0.717) is 18.4 Å². The highest BCUT2D eigenvalue weighted by atomic mass is 127. The summed E-state index contributed by atoms with van der Waals surface area (Å²) in [6.07, 6.45) is 4.36. The number of guanidine groups is 1. The van der Waals surface area contributed by atoms with Gasteiger partial charge in [0.25, 0.3) is 0 Å². The number of likely N-dealkylation sites (tertiary alicyclic amines) is 1. The first-order chi connectivity index (χ1) is 9.69. The van der Waals surface area contributed by atoms with Crippen molar-refractivity contribution in [1.29, 1.82) is 0 Å². The first-order valence-electron chi connectivity index (χ1n) is 7.31. The molecule has 0 aromatic carbocycles. The number of nitrogens with two attached hydrogens (primary N) is 1. The molecule has 1 aromatic heterocycles. The molecule has 6 heteroatoms. The summed E-state index contributed by atoms with van der Waals surface area (Å²) < 4.78 is 0. The van der Waals surface area contributed by atoms with Crippen LogP contribution >= 0.6 is 35.7 Å². The molecule has 4 nitrogen and oxygen atoms in total. The molecule has 0 aliphatic carbocycles. The lowest BCUT2D eigenvalue weighted by Crippen LogP contribution is -2.43. The number of pyridine rings is 1. The second-order valence-electron chi connectivity index (χ2n) is 5.30. The van der Waals surface area contributed by atoms with E-state index in [0.717, 1.165) is 23.9 Å². The zero-order valence-corrected chi connectivity index (χ0v) is 15.9. The Morgan fingerprint density at radius 3 is 3.10 bits per heavy atom. The molecule has 118 valence electrons. The van der Waals surface area contributed by atoms with E-state index in [1.54, 1.807) is 11.8 Å². The lowest BCUT2D eigenvalue weighted by atomic mass is 10.0. The molecule has 0 radical (unpaired) electrons. The van der Waals surface area contributed by atoms with Gasteiger partial charge < -0.3 is 10.6 Å². The first kappa shape index (κ1) is 18.5. The Hall–Kier alpha value is -0.500. The molecular weight excluding hydrogens is 395 g/mol. The van der Waals surface area contributed by atoms with Crippen LogP contribution in [0.25, 0.3) is 0 Å². The second-order valence-corrected chi connectivity index (χ2v) is 6.59. The molecule has 2 heterocycles. The van der Waals surface area contributed by atoms with Gasteiger partial charge >= 0.3 is 0 Å². The van der Waals surface area contributed by atoms with Crippen LogP contribution in [0.5, 0.6) is 0 Å². The number of hydrogen-bond donors (Lipinski definition) is 1. The predicted molar refractivity (Wildman–Crippen MR) is 101 cm³/mol. The zero-order valence-electron chi connectivity index (χ0n) is 12.8. The average Bonchev–Trinajstić information content (AvgIpc) is 2.45. The molecule has 1 aliphatic heterocycles. The summed E-state index contributed by atoms with van der Waals surface area (Å²) in [5, 5.41) is 1.06. The van der Waals surface area contributed by atoms with Gasteiger partial charge in [0.1, 0.15) is 0 Å². The highest BCUT2D eigenvalue weighted by Crippen LogP contribution is 2.17. The number of piperidine rings is 1. The third-order valence-electron chi connectivity index (χ3n) is 3.50. The summed E-state index contributed by atoms with van der Waals surface area (Å²) in [4.78, 5) is 11.1. The van der Waals surface area contributed by atoms with Crippen LogP contribution in [0.1, 0.15) is 32.3 Å². The van der Waals surface area contributed by atoms with Crippen molar-refractivity contribution in [2.24, 2.45) is 16.6 Å². The Morgan fingerprint density at radius 2 is 2.38 bits per heavy atom. The van der Waals surface area contributed by atoms with E-state index in [1.165, 1.54) is 18.4 Å². The minimum atomic E-state index is 0. The van der Waals surface area contributed by atoms with Crippen LogP contribution in [-0.4, -0.2) is 34.7 Å². The van der Waals surface area contributed by atoms with Crippen molar-refractivity contribution in [3.63, 3.8) is 0 Å². The fourth-order valence-electron chi connectivity index (χ4n) is 2.45. The Kier molecular flexibility index (Phi) is 8.39. The highest BCUT2D eigenvalue weighted by molar-refractivity contribution is 14.0. The third-order valence-corrected chi connectivity index (χ3v) is 4.30. The van der Waals surface area contributed by atoms with Gasteiger partial charge in [-0.3, -0.25) is 0 Å². The van der Waals surface area contributed by atoms with E-state index in [-0.39, 0.29) is 24.0 Å². The topological polar surface area (TPSA) is 54.5 Å². The van der Waals surface area contributed by atoms with Crippen LogP contribution in [0.4, 0.5) is 0 Å². The Bertz CT molecular complexity index is 467. The maximum atomic E-state index is 6.11. The molecule has 0 spiro atoms. The third kappa shape index (κ3) is 6.02. The summed E-state index contributed by atoms with van der Waals surface area (Å²) in [6.45, 7) is 7.11. The van der Waals surface area contributed by atoms with Crippen molar-refractivity contribution in [1.82, 2.24) is 9.88 Å². The number of aromatic nitrogens is 1. The highest BCUT2D eigenvalue weighted by Gasteiger charge is 2.17. The quantitative estimate of drug-likeness (QED) is 0.351. The molecule has 2 rings (SSSR count). The fourth-order valence-corrected chi connectivity index (χ4v) is 3.11. The first-order valence-corrected chi connectivity index (χ1v) is 8.30. The van der Waals surface area contributed by atoms with Crippen molar-refractivity contribution < 1.29 is 0 Å². The summed E-state index contributed by atoms with van der Waals surface area (Å²) in [7, 11) is 0. The van der Waals surface area contributed by atoms with Crippen molar-refractivity contribution >= 4 is 41.7 Å². The SMILES string of the molecule is CCSc1cc(CN=C(N)N2CCCC(C)C2)ccn1.I. The summed E-state index contributed by atoms with van der Waals surface area (Å²) >= 11 is 1.75. The average molecular weight is 420 g/mol. The fraction of sp³-hybridized carbons (Fsp3) is 0.600. The van der Waals surface area contributed by atoms with Gasteiger partial charge in [0.15, 0.2) is 5.96 Å². The monoisotopic (exact) mass is 420 g/mol. The van der Waals surface area contributed by atoms with E-state index >= 15 is 0 Å². The van der Waals surface area contributed by atoms with E-state index < -0.39 is 0 Å². The minimum Gasteiger partial charge on any atom is -0.370 e. The standard InChI is InChI=1S/C15H24N4S.HI/c1-3-20-14-9-13(6-7-17-14)10-18-15(16)19-8-4-5-12(2)11-19;/h6-7,9,12H,3-5,8,10-11H2,1-2H3,(H2,16,18);1H. The van der Waals surface area contributed by atoms with Crippen LogP contribution in [0.3, 0.4) is 0 Å². The Labute approximate surface area is 149 Å². The predicted octanol–water partition coefficient (Wildman–Crippen LogP) is 3.36. The largest absolute Gasteiger partial charge is 0.370 e. The lowest BCUT2D eigenvalue weighted by Gasteiger charge is -2.31. The van der Waals surface area contributed by atoms with Gasteiger partial charge in [-0.1, -0.05) is 13.8 Å². The van der Waals surface area contributed by atoms with Crippen LogP contribution in [0, 0.1) is 5.92 Å². The smallest absolute Gasteiger partial charge is 0.191 e. The van der Waals surface area contributed by atoms with Gasteiger partial charge in [-0.15, -0.1) is 35.7 Å². The van der Waals surface area contributed by atoms with Crippen molar-refractivity contribution in [2.45, 2.75) is 38.3 Å². The van der Waals surface area contributed by atoms with Crippen molar-refractivity contribution in [2.75, 3.05) is 18.8 Å². The van der Waals surface area contributed by atoms with Crippen LogP contribution in [0.15, 0.2) is 28.3 Å². The molecule has 21 heavy (non-hydrogen) atoms. The number of nitrogens with zero attached hydrogens (tertiary/aromatic N) is 3. The number of rotatable bonds is 4. The maximum Gasteiger partial charge on any atom is 0.191 e. The van der Waals surface area contributed by atoms with Gasteiger partial charge in [-0.05, 0) is 42.2 Å². The molecule has 1 atom stereocenters. The minimum absolute atomic E-state index is 0. The number of aliphatic imine (C=N–C) groups is 1. The normalized spacial score (nSPS) is 19.2. The van der Waals surface area contributed by atoms with E-state index in [9.17, 15) is 0 Å². The second kappa shape index (κ2) is 9.50. The zero-order chi connectivity index (χ0) is 14.4. The van der Waals surface area contributed by atoms with Gasteiger partial charge in [0, 0.05) is 19.3 Å². The van der Waals surface area contributed by atoms with Crippen molar-refractivity contribution in [3.8, 4) is 0 Å². The molecule has 1 fully saturated rings. The van der Waals surface area contributed by atoms with Gasteiger partial charge in [0.2, 0.25) is 0 Å². The van der Waals surface area contributed by atoms with Gasteiger partial charge in [0.05, 0.1) is 11.6 Å². The molecule has 0 bridgehead atoms. The van der Waals surface area contributed by atoms with Crippen LogP contribution in [-0.2, 0) is 6.54 Å². The van der Waals surface area contributed by atoms with Crippen molar-refractivity contribution in [3.05, 3.63) is 23.9 Å². The Balaban J connectivity index is 0.00000220. The van der Waals surface area contributed by atoms with Crippen LogP contribution < -0.4 is 5.73 Å². The molecular formula is C15H25IN4S. The number of thioether (sulfide) groups is 1. The van der Waals surface area contributed by atoms with Gasteiger partial charge in [-0.2, -0.15) is 0 Å². The number of hydrogen-bond acceptors (Lipinski definition) is 3. The maximum absolute atomic E-state index is 6.11. The summed E-state index contributed by atoms with van der Waals surface area (Å²) in [5.74, 6) is 2.43. The van der Waals surface area contributed by atoms with E-state index in [2.05, 4.69) is 34.8 Å². The molecule has 0 saturated carbocycles. The molecule has 1 unspecified atom stereocenters.